The third-order valence-electron chi connectivity index (χ3n) is 3.75. The first-order valence-corrected chi connectivity index (χ1v) is 7.80. The summed E-state index contributed by atoms with van der Waals surface area (Å²) in [5.74, 6) is -0.156. The first-order valence-electron chi connectivity index (χ1n) is 6.92. The predicted molar refractivity (Wildman–Crippen MR) is 89.9 cm³/mol. The molecule has 0 radical (unpaired) electrons. The lowest BCUT2D eigenvalue weighted by atomic mass is 10.1. The van der Waals surface area contributed by atoms with Gasteiger partial charge in [0.05, 0.1) is 10.5 Å². The van der Waals surface area contributed by atoms with Crippen LogP contribution in [0.4, 0.5) is 0 Å². The van der Waals surface area contributed by atoms with Gasteiger partial charge in [0.2, 0.25) is 0 Å². The molecule has 3 heterocycles. The molecule has 1 amide bonds. The number of hydrogen-bond donors (Lipinski definition) is 1. The number of carbonyl (C=O) groups is 1. The molecule has 0 spiro atoms. The van der Waals surface area contributed by atoms with E-state index in [2.05, 4.69) is 27.2 Å². The number of amides is 1. The molecule has 1 aromatic carbocycles. The number of hydrazone groups is 1. The number of rotatable bonds is 2. The number of benzene rings is 1. The molecule has 3 aromatic rings. The van der Waals surface area contributed by atoms with Gasteiger partial charge in [-0.25, -0.2) is 5.43 Å². The van der Waals surface area contributed by atoms with Gasteiger partial charge in [0.15, 0.2) is 0 Å². The van der Waals surface area contributed by atoms with Crippen molar-refractivity contribution < 1.29 is 4.79 Å². The Morgan fingerprint density at radius 3 is 2.91 bits per heavy atom. The first kappa shape index (κ1) is 13.0. The van der Waals surface area contributed by atoms with Crippen LogP contribution in [0, 0.1) is 0 Å². The zero-order chi connectivity index (χ0) is 15.1. The van der Waals surface area contributed by atoms with Crippen molar-refractivity contribution in [3.63, 3.8) is 0 Å². The molecule has 0 fully saturated rings. The molecule has 5 heteroatoms. The van der Waals surface area contributed by atoms with Gasteiger partial charge in [-0.1, -0.05) is 24.3 Å². The third kappa shape index (κ3) is 1.98. The highest BCUT2D eigenvalue weighted by molar-refractivity contribution is 7.12. The predicted octanol–water partition coefficient (Wildman–Crippen LogP) is 3.16. The Balaban J connectivity index is 1.87. The third-order valence-corrected chi connectivity index (χ3v) is 4.63. The minimum atomic E-state index is -0.156. The molecule has 4 rings (SSSR count). The number of nitrogens with zero attached hydrogens (tertiary/aromatic N) is 2. The second kappa shape index (κ2) is 4.96. The van der Waals surface area contributed by atoms with Gasteiger partial charge in [-0.05, 0) is 23.6 Å². The Morgan fingerprint density at radius 2 is 2.09 bits per heavy atom. The normalized spacial score (nSPS) is 16.3. The fourth-order valence-electron chi connectivity index (χ4n) is 2.71. The van der Waals surface area contributed by atoms with Crippen molar-refractivity contribution in [1.29, 1.82) is 0 Å². The first-order chi connectivity index (χ1) is 10.7. The minimum Gasteiger partial charge on any atom is -0.350 e. The highest BCUT2D eigenvalue weighted by Gasteiger charge is 2.25. The van der Waals surface area contributed by atoms with E-state index in [1.54, 1.807) is 11.3 Å². The number of fused-ring (bicyclic) bond motifs is 1. The van der Waals surface area contributed by atoms with Crippen LogP contribution in [-0.4, -0.2) is 16.2 Å². The Morgan fingerprint density at radius 1 is 1.23 bits per heavy atom. The number of carbonyl (C=O) groups excluding carboxylic acids is 1. The van der Waals surface area contributed by atoms with Gasteiger partial charge < -0.3 is 4.57 Å². The molecule has 0 saturated carbocycles. The maximum Gasteiger partial charge on any atom is 0.273 e. The fraction of sp³-hybridized carbons (Fsp3) is 0.0588. The molecular formula is C17H13N3OS. The number of thiophene rings is 1. The summed E-state index contributed by atoms with van der Waals surface area (Å²) in [7, 11) is 2.01. The van der Waals surface area contributed by atoms with Crippen LogP contribution in [0.25, 0.3) is 17.0 Å². The van der Waals surface area contributed by atoms with Gasteiger partial charge >= 0.3 is 0 Å². The van der Waals surface area contributed by atoms with Crippen LogP contribution in [-0.2, 0) is 11.8 Å². The Bertz CT molecular complexity index is 932. The largest absolute Gasteiger partial charge is 0.350 e. The summed E-state index contributed by atoms with van der Waals surface area (Å²) >= 11 is 1.58. The highest BCUT2D eigenvalue weighted by Crippen LogP contribution is 2.26. The minimum absolute atomic E-state index is 0.156. The summed E-state index contributed by atoms with van der Waals surface area (Å²) < 4.78 is 2.07. The van der Waals surface area contributed by atoms with Crippen molar-refractivity contribution in [3.8, 4) is 0 Å². The Hall–Kier alpha value is -2.66. The number of aryl methyl sites for hydroxylation is 1. The standard InChI is InChI=1S/C17H13N3OS/c1-20-10-11(12-5-2-3-6-14(12)20)9-13-16(18-19-17(13)21)15-7-4-8-22-15/h2-10H,1H3,(H,19,21)/b13-9-. The fourth-order valence-corrected chi connectivity index (χ4v) is 3.44. The quantitative estimate of drug-likeness (QED) is 0.726. The monoisotopic (exact) mass is 307 g/mol. The van der Waals surface area contributed by atoms with Crippen LogP contribution in [0.15, 0.2) is 58.6 Å². The lowest BCUT2D eigenvalue weighted by molar-refractivity contribution is -0.116. The summed E-state index contributed by atoms with van der Waals surface area (Å²) in [4.78, 5) is 13.1. The average Bonchev–Trinajstić information content (AvgIpc) is 3.23. The number of para-hydroxylation sites is 1. The average molecular weight is 307 g/mol. The van der Waals surface area contributed by atoms with Crippen LogP contribution in [0.2, 0.25) is 0 Å². The maximum absolute atomic E-state index is 12.1. The van der Waals surface area contributed by atoms with Gasteiger partial charge in [-0.2, -0.15) is 5.10 Å². The molecule has 2 aromatic heterocycles. The molecule has 0 bridgehead atoms. The zero-order valence-electron chi connectivity index (χ0n) is 11.9. The summed E-state index contributed by atoms with van der Waals surface area (Å²) in [6.45, 7) is 0. The van der Waals surface area contributed by atoms with Gasteiger partial charge in [0.1, 0.15) is 5.71 Å². The van der Waals surface area contributed by atoms with E-state index in [1.807, 2.05) is 49.0 Å². The molecule has 4 nitrogen and oxygen atoms in total. The molecular weight excluding hydrogens is 294 g/mol. The molecule has 0 aliphatic carbocycles. The molecule has 1 N–H and O–H groups in total. The molecule has 0 unspecified atom stereocenters. The molecule has 1 aliphatic heterocycles. The summed E-state index contributed by atoms with van der Waals surface area (Å²) in [6.07, 6.45) is 3.96. The van der Waals surface area contributed by atoms with Crippen LogP contribution >= 0.6 is 11.3 Å². The zero-order valence-corrected chi connectivity index (χ0v) is 12.7. The smallest absolute Gasteiger partial charge is 0.273 e. The lowest BCUT2D eigenvalue weighted by Gasteiger charge is -1.98. The van der Waals surface area contributed by atoms with E-state index < -0.39 is 0 Å². The van der Waals surface area contributed by atoms with Gasteiger partial charge in [0, 0.05) is 29.7 Å². The summed E-state index contributed by atoms with van der Waals surface area (Å²) in [6, 6.07) is 12.1. The number of nitrogens with one attached hydrogen (secondary N) is 1. The SMILES string of the molecule is Cn1cc(/C=C2\C(=O)NN=C2c2cccs2)c2ccccc21. The van der Waals surface area contributed by atoms with Gasteiger partial charge in [0.25, 0.3) is 5.91 Å². The van der Waals surface area contributed by atoms with Crippen LogP contribution in [0.1, 0.15) is 10.4 Å². The second-order valence-electron chi connectivity index (χ2n) is 5.15. The lowest BCUT2D eigenvalue weighted by Crippen LogP contribution is -2.13. The molecule has 108 valence electrons. The van der Waals surface area contributed by atoms with Gasteiger partial charge in [-0.15, -0.1) is 11.3 Å². The summed E-state index contributed by atoms with van der Waals surface area (Å²) in [5.41, 5.74) is 6.05. The molecule has 22 heavy (non-hydrogen) atoms. The van der Waals surface area contributed by atoms with Crippen molar-refractivity contribution in [2.75, 3.05) is 0 Å². The highest BCUT2D eigenvalue weighted by atomic mass is 32.1. The van der Waals surface area contributed by atoms with Crippen LogP contribution in [0.5, 0.6) is 0 Å². The van der Waals surface area contributed by atoms with E-state index in [0.717, 1.165) is 21.3 Å². The van der Waals surface area contributed by atoms with Gasteiger partial charge in [-0.3, -0.25) is 4.79 Å². The summed E-state index contributed by atoms with van der Waals surface area (Å²) in [5, 5.41) is 7.29. The van der Waals surface area contributed by atoms with Crippen molar-refractivity contribution in [2.24, 2.45) is 12.1 Å². The van der Waals surface area contributed by atoms with E-state index in [9.17, 15) is 4.79 Å². The second-order valence-corrected chi connectivity index (χ2v) is 6.10. The van der Waals surface area contributed by atoms with E-state index in [1.165, 1.54) is 0 Å². The van der Waals surface area contributed by atoms with Crippen LogP contribution < -0.4 is 5.43 Å². The Kier molecular flexibility index (Phi) is 2.94. The topological polar surface area (TPSA) is 46.4 Å². The molecule has 1 aliphatic rings. The van der Waals surface area contributed by atoms with Crippen molar-refractivity contribution >= 4 is 39.9 Å². The van der Waals surface area contributed by atoms with Crippen molar-refractivity contribution in [3.05, 3.63) is 64.0 Å². The number of hydrogen-bond acceptors (Lipinski definition) is 3. The maximum atomic E-state index is 12.1. The van der Waals surface area contributed by atoms with E-state index in [0.29, 0.717) is 11.3 Å². The Labute approximate surface area is 131 Å². The van der Waals surface area contributed by atoms with Crippen LogP contribution in [0.3, 0.4) is 0 Å². The van der Waals surface area contributed by atoms with Crippen molar-refractivity contribution in [2.45, 2.75) is 0 Å². The molecule has 0 atom stereocenters. The van der Waals surface area contributed by atoms with Crippen molar-refractivity contribution in [1.82, 2.24) is 9.99 Å². The van der Waals surface area contributed by atoms with E-state index >= 15 is 0 Å². The van der Waals surface area contributed by atoms with E-state index in [-0.39, 0.29) is 5.91 Å². The molecule has 0 saturated heterocycles. The number of aromatic nitrogens is 1. The van der Waals surface area contributed by atoms with E-state index in [4.69, 9.17) is 0 Å².